The lowest BCUT2D eigenvalue weighted by Gasteiger charge is -2.16. The summed E-state index contributed by atoms with van der Waals surface area (Å²) in [4.78, 5) is 18.9. The number of benzene rings is 2. The molecule has 9 heteroatoms. The number of thioether (sulfide) groups is 1. The summed E-state index contributed by atoms with van der Waals surface area (Å²) in [5.74, 6) is -0.821. The number of halogens is 1. The molecule has 1 unspecified atom stereocenters. The molecule has 1 aliphatic rings. The van der Waals surface area contributed by atoms with Gasteiger partial charge in [0, 0.05) is 31.5 Å². The Morgan fingerprint density at radius 1 is 1.21 bits per heavy atom. The van der Waals surface area contributed by atoms with Crippen LogP contribution in [-0.4, -0.2) is 54.6 Å². The Kier molecular flexibility index (Phi) is 5.87. The van der Waals surface area contributed by atoms with Crippen LogP contribution in [0.5, 0.6) is 0 Å². The Morgan fingerprint density at radius 3 is 2.61 bits per heavy atom. The van der Waals surface area contributed by atoms with E-state index in [-0.39, 0.29) is 21.6 Å². The second kappa shape index (κ2) is 8.02. The number of hydrogen-bond acceptors (Lipinski definition) is 5. The first kappa shape index (κ1) is 20.5. The van der Waals surface area contributed by atoms with Gasteiger partial charge in [0.1, 0.15) is 5.82 Å². The van der Waals surface area contributed by atoms with E-state index in [1.54, 1.807) is 18.2 Å². The molecule has 0 spiro atoms. The number of nitrogens with zero attached hydrogens (tertiary/aromatic N) is 3. The van der Waals surface area contributed by atoms with E-state index in [4.69, 9.17) is 0 Å². The van der Waals surface area contributed by atoms with Crippen LogP contribution in [0.2, 0.25) is 0 Å². The Hall–Kier alpha value is -2.23. The zero-order valence-electron chi connectivity index (χ0n) is 15.7. The highest BCUT2D eigenvalue weighted by atomic mass is 32.2. The van der Waals surface area contributed by atoms with Crippen LogP contribution in [0, 0.1) is 5.82 Å². The van der Waals surface area contributed by atoms with E-state index >= 15 is 0 Å². The summed E-state index contributed by atoms with van der Waals surface area (Å²) in [5, 5.41) is 0.575. The molecule has 1 fully saturated rings. The van der Waals surface area contributed by atoms with Crippen molar-refractivity contribution >= 4 is 38.5 Å². The van der Waals surface area contributed by atoms with Crippen LogP contribution < -0.4 is 0 Å². The smallest absolute Gasteiger partial charge is 0.259 e. The molecular formula is C19H20FN3O3S2. The molecule has 1 saturated heterocycles. The largest absolute Gasteiger partial charge is 0.286 e. The van der Waals surface area contributed by atoms with E-state index in [0.29, 0.717) is 17.4 Å². The number of carbonyl (C=O) groups is 1. The zero-order valence-corrected chi connectivity index (χ0v) is 17.3. The minimum absolute atomic E-state index is 0.116. The molecule has 1 heterocycles. The van der Waals surface area contributed by atoms with E-state index in [2.05, 4.69) is 4.99 Å². The van der Waals surface area contributed by atoms with Crippen molar-refractivity contribution in [1.82, 2.24) is 9.21 Å². The van der Waals surface area contributed by atoms with Crippen LogP contribution >= 0.6 is 11.8 Å². The highest BCUT2D eigenvalue weighted by Crippen LogP contribution is 2.30. The van der Waals surface area contributed by atoms with Crippen LogP contribution in [-0.2, 0) is 10.0 Å². The molecule has 3 rings (SSSR count). The molecule has 1 amide bonds. The summed E-state index contributed by atoms with van der Waals surface area (Å²) >= 11 is 1.42. The standard InChI is InChI=1S/C19H20FN3O3S2/c1-13-12-23(18(24)14-6-4-7-15(20)10-14)19(27-13)21-16-8-5-9-17(11-16)28(25,26)22(2)3/h4-11,13H,12H2,1-3H3. The maximum Gasteiger partial charge on any atom is 0.259 e. The van der Waals surface area contributed by atoms with Gasteiger partial charge in [-0.2, -0.15) is 0 Å². The highest BCUT2D eigenvalue weighted by molar-refractivity contribution is 8.14. The maximum absolute atomic E-state index is 13.5. The minimum Gasteiger partial charge on any atom is -0.286 e. The Labute approximate surface area is 168 Å². The Bertz CT molecular complexity index is 1040. The summed E-state index contributed by atoms with van der Waals surface area (Å²) in [6, 6.07) is 11.8. The SMILES string of the molecule is CC1CN(C(=O)c2cccc(F)c2)C(=Nc2cccc(S(=O)(=O)N(C)C)c2)S1. The molecule has 6 nitrogen and oxygen atoms in total. The van der Waals surface area contributed by atoms with Crippen LogP contribution in [0.3, 0.4) is 0 Å². The van der Waals surface area contributed by atoms with Gasteiger partial charge in [0.05, 0.1) is 10.6 Å². The Balaban J connectivity index is 1.95. The van der Waals surface area contributed by atoms with Gasteiger partial charge in [-0.1, -0.05) is 30.8 Å². The average molecular weight is 422 g/mol. The van der Waals surface area contributed by atoms with Crippen molar-refractivity contribution in [1.29, 1.82) is 0 Å². The van der Waals surface area contributed by atoms with Crippen molar-refractivity contribution in [3.8, 4) is 0 Å². The van der Waals surface area contributed by atoms with E-state index in [1.807, 2.05) is 6.92 Å². The molecule has 0 aliphatic carbocycles. The maximum atomic E-state index is 13.5. The first-order chi connectivity index (χ1) is 13.2. The molecule has 2 aromatic rings. The molecule has 2 aromatic carbocycles. The lowest BCUT2D eigenvalue weighted by Crippen LogP contribution is -2.32. The first-order valence-corrected chi connectivity index (χ1v) is 10.9. The van der Waals surface area contributed by atoms with Gasteiger partial charge < -0.3 is 0 Å². The fraction of sp³-hybridized carbons (Fsp3) is 0.263. The lowest BCUT2D eigenvalue weighted by molar-refractivity contribution is 0.0855. The molecule has 148 valence electrons. The third kappa shape index (κ3) is 4.26. The van der Waals surface area contributed by atoms with Crippen molar-refractivity contribution in [3.63, 3.8) is 0 Å². The summed E-state index contributed by atoms with van der Waals surface area (Å²) in [7, 11) is -0.666. The number of sulfonamides is 1. The van der Waals surface area contributed by atoms with E-state index in [9.17, 15) is 17.6 Å². The summed E-state index contributed by atoms with van der Waals surface area (Å²) in [5.41, 5.74) is 0.669. The summed E-state index contributed by atoms with van der Waals surface area (Å²) < 4.78 is 39.3. The fourth-order valence-electron chi connectivity index (χ4n) is 2.68. The predicted octanol–water partition coefficient (Wildman–Crippen LogP) is 3.34. The highest BCUT2D eigenvalue weighted by Gasteiger charge is 2.31. The van der Waals surface area contributed by atoms with Crippen LogP contribution in [0.1, 0.15) is 17.3 Å². The number of amidine groups is 1. The fourth-order valence-corrected chi connectivity index (χ4v) is 4.65. The summed E-state index contributed by atoms with van der Waals surface area (Å²) in [6.07, 6.45) is 0. The van der Waals surface area contributed by atoms with Crippen LogP contribution in [0.4, 0.5) is 10.1 Å². The zero-order chi connectivity index (χ0) is 20.5. The number of amides is 1. The van der Waals surface area contributed by atoms with Crippen LogP contribution in [0.25, 0.3) is 0 Å². The number of hydrogen-bond donors (Lipinski definition) is 0. The van der Waals surface area contributed by atoms with Gasteiger partial charge in [-0.3, -0.25) is 9.69 Å². The molecule has 28 heavy (non-hydrogen) atoms. The van der Waals surface area contributed by atoms with Gasteiger partial charge in [0.15, 0.2) is 5.17 Å². The molecule has 1 atom stereocenters. The third-order valence-corrected chi connectivity index (χ3v) is 7.00. The molecule has 1 aliphatic heterocycles. The van der Waals surface area contributed by atoms with Gasteiger partial charge in [-0.05, 0) is 36.4 Å². The monoisotopic (exact) mass is 421 g/mol. The number of carbonyl (C=O) groups excluding carboxylic acids is 1. The van der Waals surface area contributed by atoms with Crippen molar-refractivity contribution in [2.24, 2.45) is 4.99 Å². The van der Waals surface area contributed by atoms with Gasteiger partial charge in [-0.15, -0.1) is 0 Å². The van der Waals surface area contributed by atoms with Crippen molar-refractivity contribution in [2.45, 2.75) is 17.1 Å². The van der Waals surface area contributed by atoms with Crippen molar-refractivity contribution in [3.05, 3.63) is 59.9 Å². The first-order valence-electron chi connectivity index (χ1n) is 8.54. The van der Waals surface area contributed by atoms with Gasteiger partial charge in [0.25, 0.3) is 5.91 Å². The number of rotatable bonds is 4. The van der Waals surface area contributed by atoms with E-state index in [0.717, 1.165) is 4.31 Å². The minimum atomic E-state index is -3.59. The topological polar surface area (TPSA) is 70.0 Å². The normalized spacial score (nSPS) is 18.8. The third-order valence-electron chi connectivity index (χ3n) is 4.11. The molecule has 0 aromatic heterocycles. The van der Waals surface area contributed by atoms with E-state index < -0.39 is 15.8 Å². The molecule has 0 bridgehead atoms. The lowest BCUT2D eigenvalue weighted by atomic mass is 10.2. The average Bonchev–Trinajstić information content (AvgIpc) is 3.01. The van der Waals surface area contributed by atoms with Crippen molar-refractivity contribution < 1.29 is 17.6 Å². The van der Waals surface area contributed by atoms with Gasteiger partial charge in [-0.25, -0.2) is 22.1 Å². The summed E-state index contributed by atoms with van der Waals surface area (Å²) in [6.45, 7) is 2.40. The molecule has 0 radical (unpaired) electrons. The van der Waals surface area contributed by atoms with E-state index in [1.165, 1.54) is 61.1 Å². The molecule has 0 saturated carbocycles. The molecule has 0 N–H and O–H groups in total. The number of aliphatic imine (C=N–C) groups is 1. The quantitative estimate of drug-likeness (QED) is 0.759. The predicted molar refractivity (Wildman–Crippen MR) is 109 cm³/mol. The van der Waals surface area contributed by atoms with Crippen molar-refractivity contribution in [2.75, 3.05) is 20.6 Å². The van der Waals surface area contributed by atoms with Gasteiger partial charge >= 0.3 is 0 Å². The molecular weight excluding hydrogens is 401 g/mol. The Morgan fingerprint density at radius 2 is 1.93 bits per heavy atom. The second-order valence-electron chi connectivity index (χ2n) is 6.53. The second-order valence-corrected chi connectivity index (χ2v) is 10.1. The van der Waals surface area contributed by atoms with Gasteiger partial charge in [0.2, 0.25) is 10.0 Å². The van der Waals surface area contributed by atoms with Crippen LogP contribution in [0.15, 0.2) is 58.4 Å².